The summed E-state index contributed by atoms with van der Waals surface area (Å²) in [6.07, 6.45) is 1.55. The van der Waals surface area contributed by atoms with Gasteiger partial charge in [0.05, 0.1) is 11.8 Å². The van der Waals surface area contributed by atoms with Gasteiger partial charge in [0.15, 0.2) is 5.11 Å². The van der Waals surface area contributed by atoms with Gasteiger partial charge in [-0.2, -0.15) is 5.10 Å². The van der Waals surface area contributed by atoms with Crippen LogP contribution >= 0.6 is 28.1 Å². The third kappa shape index (κ3) is 4.64. The minimum absolute atomic E-state index is 0.0928. The number of esters is 1. The van der Waals surface area contributed by atoms with Crippen molar-refractivity contribution in [3.05, 3.63) is 64.1 Å². The lowest BCUT2D eigenvalue weighted by Crippen LogP contribution is -2.23. The van der Waals surface area contributed by atoms with Crippen LogP contribution in [0.2, 0.25) is 0 Å². The first-order chi connectivity index (χ1) is 10.6. The zero-order valence-electron chi connectivity index (χ0n) is 11.3. The lowest BCUT2D eigenvalue weighted by atomic mass is 10.2. The van der Waals surface area contributed by atoms with Crippen LogP contribution in [0.5, 0.6) is 5.75 Å². The highest BCUT2D eigenvalue weighted by atomic mass is 79.9. The standard InChI is InChI=1S/C15H12BrN3O2S/c16-13-4-2-1-3-12(13)14(20)21-11-7-5-10(6-8-11)9-18-19-15(17)22/h1-9H,(H3,17,19,22)/b18-9+. The maximum absolute atomic E-state index is 12.1. The van der Waals surface area contributed by atoms with E-state index in [0.29, 0.717) is 15.8 Å². The molecule has 2 rings (SSSR count). The number of hydrogen-bond acceptors (Lipinski definition) is 4. The van der Waals surface area contributed by atoms with Crippen molar-refractivity contribution in [3.63, 3.8) is 0 Å². The van der Waals surface area contributed by atoms with Crippen LogP contribution in [0.1, 0.15) is 15.9 Å². The molecular weight excluding hydrogens is 366 g/mol. The summed E-state index contributed by atoms with van der Waals surface area (Å²) in [5, 5.41) is 3.93. The van der Waals surface area contributed by atoms with Gasteiger partial charge < -0.3 is 10.5 Å². The Balaban J connectivity index is 2.02. The van der Waals surface area contributed by atoms with Crippen molar-refractivity contribution in [3.8, 4) is 5.75 Å². The van der Waals surface area contributed by atoms with Gasteiger partial charge in [0, 0.05) is 4.47 Å². The van der Waals surface area contributed by atoms with Gasteiger partial charge >= 0.3 is 5.97 Å². The normalized spacial score (nSPS) is 10.4. The van der Waals surface area contributed by atoms with Gasteiger partial charge in [-0.25, -0.2) is 4.79 Å². The van der Waals surface area contributed by atoms with E-state index in [0.717, 1.165) is 5.56 Å². The van der Waals surface area contributed by atoms with E-state index in [1.165, 1.54) is 0 Å². The topological polar surface area (TPSA) is 76.7 Å². The quantitative estimate of drug-likeness (QED) is 0.281. The van der Waals surface area contributed by atoms with Crippen LogP contribution in [0.25, 0.3) is 0 Å². The summed E-state index contributed by atoms with van der Waals surface area (Å²) in [7, 11) is 0. The van der Waals surface area contributed by atoms with E-state index in [4.69, 9.17) is 10.5 Å². The number of carbonyl (C=O) groups excluding carboxylic acids is 1. The number of hydrogen-bond donors (Lipinski definition) is 2. The van der Waals surface area contributed by atoms with Gasteiger partial charge in [0.2, 0.25) is 0 Å². The second-order valence-electron chi connectivity index (χ2n) is 4.17. The van der Waals surface area contributed by atoms with Crippen LogP contribution in [0.15, 0.2) is 58.1 Å². The molecule has 22 heavy (non-hydrogen) atoms. The first-order valence-electron chi connectivity index (χ1n) is 6.21. The molecule has 0 unspecified atom stereocenters. The molecule has 0 fully saturated rings. The Bertz CT molecular complexity index is 717. The van der Waals surface area contributed by atoms with Crippen molar-refractivity contribution in [1.29, 1.82) is 0 Å². The van der Waals surface area contributed by atoms with Gasteiger partial charge in [-0.05, 0) is 70.1 Å². The van der Waals surface area contributed by atoms with Crippen LogP contribution in [-0.2, 0) is 0 Å². The van der Waals surface area contributed by atoms with E-state index >= 15 is 0 Å². The molecule has 0 saturated heterocycles. The molecular formula is C15H12BrN3O2S. The van der Waals surface area contributed by atoms with Crippen molar-refractivity contribution in [2.45, 2.75) is 0 Å². The largest absolute Gasteiger partial charge is 0.423 e. The lowest BCUT2D eigenvalue weighted by Gasteiger charge is -2.06. The van der Waals surface area contributed by atoms with Gasteiger partial charge in [-0.3, -0.25) is 5.43 Å². The molecule has 0 saturated carbocycles. The summed E-state index contributed by atoms with van der Waals surface area (Å²) in [6, 6.07) is 13.9. The highest BCUT2D eigenvalue weighted by molar-refractivity contribution is 9.10. The number of nitrogens with two attached hydrogens (primary N) is 1. The highest BCUT2D eigenvalue weighted by Gasteiger charge is 2.11. The molecule has 7 heteroatoms. The molecule has 0 amide bonds. The molecule has 112 valence electrons. The second kappa shape index (κ2) is 7.67. The zero-order chi connectivity index (χ0) is 15.9. The number of nitrogens with one attached hydrogen (secondary N) is 1. The van der Waals surface area contributed by atoms with Crippen molar-refractivity contribution >= 4 is 45.4 Å². The lowest BCUT2D eigenvalue weighted by molar-refractivity contribution is 0.0734. The predicted octanol–water partition coefficient (Wildman–Crippen LogP) is 2.84. The van der Waals surface area contributed by atoms with Crippen LogP contribution in [0.4, 0.5) is 0 Å². The maximum atomic E-state index is 12.1. The number of carbonyl (C=O) groups is 1. The van der Waals surface area contributed by atoms with Crippen LogP contribution in [0, 0.1) is 0 Å². The fourth-order valence-electron chi connectivity index (χ4n) is 1.58. The first kappa shape index (κ1) is 16.1. The molecule has 5 nitrogen and oxygen atoms in total. The molecule has 0 radical (unpaired) electrons. The number of rotatable bonds is 4. The van der Waals surface area contributed by atoms with Gasteiger partial charge in [0.1, 0.15) is 5.75 Å². The van der Waals surface area contributed by atoms with Crippen molar-refractivity contribution < 1.29 is 9.53 Å². The number of ether oxygens (including phenoxy) is 1. The smallest absolute Gasteiger partial charge is 0.344 e. The first-order valence-corrected chi connectivity index (χ1v) is 7.41. The second-order valence-corrected chi connectivity index (χ2v) is 5.47. The average molecular weight is 378 g/mol. The Morgan fingerprint density at radius 3 is 2.55 bits per heavy atom. The zero-order valence-corrected chi connectivity index (χ0v) is 13.7. The fraction of sp³-hybridized carbons (Fsp3) is 0. The molecule has 0 bridgehead atoms. The van der Waals surface area contributed by atoms with Gasteiger partial charge in [0.25, 0.3) is 0 Å². The number of thiocarbonyl (C=S) groups is 1. The summed E-state index contributed by atoms with van der Waals surface area (Å²) >= 11 is 7.94. The van der Waals surface area contributed by atoms with E-state index in [-0.39, 0.29) is 5.11 Å². The van der Waals surface area contributed by atoms with Crippen LogP contribution in [0.3, 0.4) is 0 Å². The molecule has 0 aliphatic heterocycles. The molecule has 0 aliphatic carbocycles. The Hall–Kier alpha value is -2.25. The van der Waals surface area contributed by atoms with Crippen molar-refractivity contribution in [1.82, 2.24) is 5.43 Å². The molecule has 2 aromatic rings. The molecule has 2 aromatic carbocycles. The van der Waals surface area contributed by atoms with Crippen LogP contribution < -0.4 is 15.9 Å². The predicted molar refractivity (Wildman–Crippen MR) is 93.1 cm³/mol. The van der Waals surface area contributed by atoms with E-state index in [1.807, 2.05) is 6.07 Å². The monoisotopic (exact) mass is 377 g/mol. The Kier molecular flexibility index (Phi) is 5.62. The number of nitrogens with zero attached hydrogens (tertiary/aromatic N) is 1. The summed E-state index contributed by atoms with van der Waals surface area (Å²) < 4.78 is 6.00. The molecule has 0 aromatic heterocycles. The number of hydrazone groups is 1. The van der Waals surface area contributed by atoms with E-state index in [1.54, 1.807) is 48.7 Å². The summed E-state index contributed by atoms with van der Waals surface area (Å²) in [5.41, 5.74) is 8.98. The van der Waals surface area contributed by atoms with Crippen LogP contribution in [-0.4, -0.2) is 17.3 Å². The molecule has 0 atom stereocenters. The van der Waals surface area contributed by atoms with E-state index < -0.39 is 5.97 Å². The fourth-order valence-corrected chi connectivity index (χ4v) is 2.08. The SMILES string of the molecule is NC(=S)N/N=C/c1ccc(OC(=O)c2ccccc2Br)cc1. The summed E-state index contributed by atoms with van der Waals surface area (Å²) in [6.45, 7) is 0. The van der Waals surface area contributed by atoms with Crippen molar-refractivity contribution in [2.24, 2.45) is 10.8 Å². The third-order valence-electron chi connectivity index (χ3n) is 2.57. The minimum Gasteiger partial charge on any atom is -0.423 e. The van der Waals surface area contributed by atoms with Gasteiger partial charge in [-0.15, -0.1) is 0 Å². The number of halogens is 1. The number of benzene rings is 2. The van der Waals surface area contributed by atoms with Gasteiger partial charge in [-0.1, -0.05) is 12.1 Å². The summed E-state index contributed by atoms with van der Waals surface area (Å²) in [5.74, 6) is 0.0178. The molecule has 3 N–H and O–H groups in total. The minimum atomic E-state index is -0.427. The average Bonchev–Trinajstić information content (AvgIpc) is 2.49. The molecule has 0 heterocycles. The van der Waals surface area contributed by atoms with E-state index in [2.05, 4.69) is 38.7 Å². The molecule has 0 aliphatic rings. The Morgan fingerprint density at radius 1 is 1.23 bits per heavy atom. The highest BCUT2D eigenvalue weighted by Crippen LogP contribution is 2.19. The summed E-state index contributed by atoms with van der Waals surface area (Å²) in [4.78, 5) is 12.1. The van der Waals surface area contributed by atoms with E-state index in [9.17, 15) is 4.79 Å². The maximum Gasteiger partial charge on any atom is 0.344 e. The Morgan fingerprint density at radius 2 is 1.91 bits per heavy atom. The van der Waals surface area contributed by atoms with Crippen molar-refractivity contribution in [2.75, 3.05) is 0 Å². The molecule has 0 spiro atoms. The Labute approximate surface area is 141 Å². The third-order valence-corrected chi connectivity index (χ3v) is 3.36.